The van der Waals surface area contributed by atoms with Gasteiger partial charge in [0.1, 0.15) is 0 Å². The molecule has 0 aliphatic heterocycles. The van der Waals surface area contributed by atoms with Gasteiger partial charge in [-0.05, 0) is 74.5 Å². The monoisotopic (exact) mass is 481 g/mol. The number of hydrogen-bond donors (Lipinski definition) is 3. The summed E-state index contributed by atoms with van der Waals surface area (Å²) in [6, 6.07) is 20.9. The SMILES string of the molecule is Cc1ccc(-c2ccc(-c3ccc(-c4ccc(-c5ccc(C)[nH]5)c5nccnc45)[nH]3)c3nccnc23)[nH]1. The van der Waals surface area contributed by atoms with Crippen LogP contribution in [-0.2, 0) is 0 Å². The molecular weight excluding hydrogens is 458 g/mol. The van der Waals surface area contributed by atoms with E-state index >= 15 is 0 Å². The van der Waals surface area contributed by atoms with Gasteiger partial charge in [-0.2, -0.15) is 0 Å². The van der Waals surface area contributed by atoms with Gasteiger partial charge in [0.05, 0.1) is 22.1 Å². The van der Waals surface area contributed by atoms with Crippen LogP contribution in [-0.4, -0.2) is 34.9 Å². The van der Waals surface area contributed by atoms with Gasteiger partial charge >= 0.3 is 0 Å². The number of rotatable bonds is 4. The molecule has 0 aliphatic rings. The van der Waals surface area contributed by atoms with Gasteiger partial charge in [-0.25, -0.2) is 0 Å². The van der Waals surface area contributed by atoms with Gasteiger partial charge in [0.25, 0.3) is 0 Å². The summed E-state index contributed by atoms with van der Waals surface area (Å²) in [5, 5.41) is 0. The van der Waals surface area contributed by atoms with Crippen molar-refractivity contribution in [1.29, 1.82) is 0 Å². The van der Waals surface area contributed by atoms with Crippen molar-refractivity contribution < 1.29 is 0 Å². The van der Waals surface area contributed by atoms with Gasteiger partial charge in [0, 0.05) is 81.2 Å². The number of fused-ring (bicyclic) bond motifs is 2. The summed E-state index contributed by atoms with van der Waals surface area (Å²) >= 11 is 0. The van der Waals surface area contributed by atoms with E-state index in [-0.39, 0.29) is 0 Å². The van der Waals surface area contributed by atoms with Crippen LogP contribution in [0.3, 0.4) is 0 Å². The van der Waals surface area contributed by atoms with Crippen LogP contribution in [0.2, 0.25) is 0 Å². The molecule has 7 rings (SSSR count). The van der Waals surface area contributed by atoms with Crippen LogP contribution < -0.4 is 0 Å². The van der Waals surface area contributed by atoms with Gasteiger partial charge in [0.2, 0.25) is 0 Å². The number of aromatic nitrogens is 7. The molecule has 7 heteroatoms. The lowest BCUT2D eigenvalue weighted by atomic mass is 10.0. The van der Waals surface area contributed by atoms with Crippen LogP contribution >= 0.6 is 0 Å². The maximum Gasteiger partial charge on any atom is 0.0986 e. The number of aryl methyl sites for hydroxylation is 2. The molecule has 0 atom stereocenters. The zero-order valence-electron chi connectivity index (χ0n) is 20.4. The van der Waals surface area contributed by atoms with E-state index in [1.165, 1.54) is 0 Å². The molecule has 5 aromatic heterocycles. The fourth-order valence-corrected chi connectivity index (χ4v) is 5.01. The fraction of sp³-hybridized carbons (Fsp3) is 0.0667. The maximum atomic E-state index is 4.71. The molecule has 0 bridgehead atoms. The highest BCUT2D eigenvalue weighted by Gasteiger charge is 2.16. The highest BCUT2D eigenvalue weighted by molar-refractivity contribution is 6.01. The Hall–Kier alpha value is -5.04. The van der Waals surface area contributed by atoms with Crippen molar-refractivity contribution >= 4 is 22.1 Å². The Morgan fingerprint density at radius 2 is 0.676 bits per heavy atom. The van der Waals surface area contributed by atoms with Crippen LogP contribution in [0.25, 0.3) is 67.1 Å². The van der Waals surface area contributed by atoms with Crippen LogP contribution in [0.15, 0.2) is 85.5 Å². The van der Waals surface area contributed by atoms with E-state index in [4.69, 9.17) is 9.97 Å². The summed E-state index contributed by atoms with van der Waals surface area (Å²) in [6.45, 7) is 4.10. The van der Waals surface area contributed by atoms with E-state index in [1.807, 2.05) is 13.8 Å². The molecular formula is C30H23N7. The van der Waals surface area contributed by atoms with Crippen molar-refractivity contribution in [2.75, 3.05) is 0 Å². The van der Waals surface area contributed by atoms with Crippen molar-refractivity contribution in [2.24, 2.45) is 0 Å². The Morgan fingerprint density at radius 1 is 0.378 bits per heavy atom. The van der Waals surface area contributed by atoms with Gasteiger partial charge in [-0.15, -0.1) is 0 Å². The molecule has 3 N–H and O–H groups in total. The standard InChI is InChI=1S/C30H23N7/c1-17-3-9-23(35-17)19-5-7-21(29-27(19)31-13-15-33-29)25-11-12-26(37-25)22-8-6-20(24-10-4-18(2)36-24)28-30(22)34-16-14-32-28/h3-16,35-37H,1-2H3. The number of nitrogens with zero attached hydrogens (tertiary/aromatic N) is 4. The lowest BCUT2D eigenvalue weighted by Gasteiger charge is -2.09. The summed E-state index contributed by atoms with van der Waals surface area (Å²) in [5.74, 6) is 0. The van der Waals surface area contributed by atoms with E-state index in [0.29, 0.717) is 0 Å². The molecule has 0 radical (unpaired) electrons. The van der Waals surface area contributed by atoms with E-state index in [0.717, 1.165) is 78.5 Å². The molecule has 0 saturated carbocycles. The lowest BCUT2D eigenvalue weighted by molar-refractivity contribution is 1.25. The molecule has 7 aromatic rings. The minimum absolute atomic E-state index is 0.850. The summed E-state index contributed by atoms with van der Waals surface area (Å²) < 4.78 is 0. The van der Waals surface area contributed by atoms with E-state index in [9.17, 15) is 0 Å². The second kappa shape index (κ2) is 8.27. The summed E-state index contributed by atoms with van der Waals surface area (Å²) in [5.41, 5.74) is 13.7. The minimum atomic E-state index is 0.850. The molecule has 0 aliphatic carbocycles. The Labute approximate surface area is 212 Å². The molecule has 0 unspecified atom stereocenters. The normalized spacial score (nSPS) is 11.5. The predicted octanol–water partition coefficient (Wildman–Crippen LogP) is 6.84. The maximum absolute atomic E-state index is 4.71. The quantitative estimate of drug-likeness (QED) is 0.256. The van der Waals surface area contributed by atoms with Gasteiger partial charge in [-0.1, -0.05) is 0 Å². The summed E-state index contributed by atoms with van der Waals surface area (Å²) in [4.78, 5) is 29.2. The zero-order valence-corrected chi connectivity index (χ0v) is 20.4. The van der Waals surface area contributed by atoms with Crippen LogP contribution in [0.5, 0.6) is 0 Å². The van der Waals surface area contributed by atoms with E-state index in [2.05, 4.69) is 85.6 Å². The number of nitrogens with one attached hydrogen (secondary N) is 3. The van der Waals surface area contributed by atoms with Crippen LogP contribution in [0.4, 0.5) is 0 Å². The first-order chi connectivity index (χ1) is 18.2. The second-order valence-corrected chi connectivity index (χ2v) is 9.22. The minimum Gasteiger partial charge on any atom is -0.359 e. The van der Waals surface area contributed by atoms with Crippen molar-refractivity contribution in [1.82, 2.24) is 34.9 Å². The average Bonchev–Trinajstić information content (AvgIpc) is 3.69. The average molecular weight is 482 g/mol. The smallest absolute Gasteiger partial charge is 0.0986 e. The Balaban J connectivity index is 1.35. The van der Waals surface area contributed by atoms with E-state index in [1.54, 1.807) is 24.8 Å². The number of benzene rings is 2. The Bertz CT molecular complexity index is 1780. The van der Waals surface area contributed by atoms with Crippen LogP contribution in [0, 0.1) is 13.8 Å². The van der Waals surface area contributed by atoms with Crippen molar-refractivity contribution in [3.8, 4) is 45.0 Å². The molecule has 0 fully saturated rings. The first-order valence-electron chi connectivity index (χ1n) is 12.1. The molecule has 37 heavy (non-hydrogen) atoms. The topological polar surface area (TPSA) is 98.9 Å². The van der Waals surface area contributed by atoms with Gasteiger partial charge < -0.3 is 15.0 Å². The molecule has 7 nitrogen and oxygen atoms in total. The van der Waals surface area contributed by atoms with Gasteiger partial charge in [-0.3, -0.25) is 19.9 Å². The lowest BCUT2D eigenvalue weighted by Crippen LogP contribution is -1.93. The third kappa shape index (κ3) is 3.51. The highest BCUT2D eigenvalue weighted by Crippen LogP contribution is 2.36. The zero-order chi connectivity index (χ0) is 24.9. The van der Waals surface area contributed by atoms with Crippen molar-refractivity contribution in [3.05, 3.63) is 96.8 Å². The van der Waals surface area contributed by atoms with Crippen molar-refractivity contribution in [3.63, 3.8) is 0 Å². The van der Waals surface area contributed by atoms with Crippen molar-refractivity contribution in [2.45, 2.75) is 13.8 Å². The molecule has 5 heterocycles. The first kappa shape index (κ1) is 21.3. The van der Waals surface area contributed by atoms with Gasteiger partial charge in [0.15, 0.2) is 0 Å². The molecule has 0 saturated heterocycles. The second-order valence-electron chi connectivity index (χ2n) is 9.22. The highest BCUT2D eigenvalue weighted by atomic mass is 14.8. The molecule has 0 amide bonds. The number of H-pyrrole nitrogens is 3. The first-order valence-corrected chi connectivity index (χ1v) is 12.1. The number of aromatic amines is 3. The molecule has 178 valence electrons. The summed E-state index contributed by atoms with van der Waals surface area (Å²) in [7, 11) is 0. The Kier molecular flexibility index (Phi) is 4.75. The number of hydrogen-bond acceptors (Lipinski definition) is 4. The predicted molar refractivity (Wildman–Crippen MR) is 147 cm³/mol. The fourth-order valence-electron chi connectivity index (χ4n) is 5.01. The molecule has 0 spiro atoms. The summed E-state index contributed by atoms with van der Waals surface area (Å²) in [6.07, 6.45) is 6.96. The third-order valence-electron chi connectivity index (χ3n) is 6.76. The third-order valence-corrected chi connectivity index (χ3v) is 6.76. The Morgan fingerprint density at radius 3 is 0.973 bits per heavy atom. The largest absolute Gasteiger partial charge is 0.359 e. The molecule has 2 aromatic carbocycles. The van der Waals surface area contributed by atoms with E-state index < -0.39 is 0 Å². The van der Waals surface area contributed by atoms with Crippen LogP contribution in [0.1, 0.15) is 11.4 Å².